The second-order valence-electron chi connectivity index (χ2n) is 9.23. The van der Waals surface area contributed by atoms with Crippen LogP contribution in [0.5, 0.6) is 5.75 Å². The molecule has 0 spiro atoms. The lowest BCUT2D eigenvalue weighted by atomic mass is 9.95. The molecule has 1 fully saturated rings. The first kappa shape index (κ1) is 23.8. The van der Waals surface area contributed by atoms with Crippen LogP contribution in [0.15, 0.2) is 66.7 Å². The number of nitrogens with one attached hydrogen (secondary N) is 1. The zero-order chi connectivity index (χ0) is 23.9. The van der Waals surface area contributed by atoms with Crippen molar-refractivity contribution in [3.63, 3.8) is 0 Å². The van der Waals surface area contributed by atoms with E-state index in [1.807, 2.05) is 80.6 Å². The average molecular weight is 459 g/mol. The third-order valence-electron chi connectivity index (χ3n) is 6.82. The van der Waals surface area contributed by atoms with Gasteiger partial charge >= 0.3 is 0 Å². The minimum atomic E-state index is -0.592. The summed E-state index contributed by atoms with van der Waals surface area (Å²) >= 11 is 0. The summed E-state index contributed by atoms with van der Waals surface area (Å²) in [6.07, 6.45) is 5.53. The van der Waals surface area contributed by atoms with Gasteiger partial charge in [-0.05, 0) is 49.3 Å². The molecule has 2 amide bonds. The summed E-state index contributed by atoms with van der Waals surface area (Å²) in [5, 5.41) is 5.20. The summed E-state index contributed by atoms with van der Waals surface area (Å²) in [7, 11) is 0. The number of hydrogen-bond donors (Lipinski definition) is 1. The summed E-state index contributed by atoms with van der Waals surface area (Å²) in [6.45, 7) is 4.08. The quantitative estimate of drug-likeness (QED) is 0.492. The van der Waals surface area contributed by atoms with Gasteiger partial charge in [-0.2, -0.15) is 0 Å². The van der Waals surface area contributed by atoms with Crippen molar-refractivity contribution in [3.05, 3.63) is 77.9 Å². The monoisotopic (exact) mass is 458 g/mol. The molecule has 5 heteroatoms. The summed E-state index contributed by atoms with van der Waals surface area (Å²) in [5.74, 6) is 0.364. The van der Waals surface area contributed by atoms with Gasteiger partial charge in [0.25, 0.3) is 5.91 Å². The number of hydrogen-bond acceptors (Lipinski definition) is 3. The van der Waals surface area contributed by atoms with Crippen LogP contribution < -0.4 is 10.1 Å². The third kappa shape index (κ3) is 5.77. The van der Waals surface area contributed by atoms with E-state index in [2.05, 4.69) is 5.32 Å². The molecule has 1 N–H and O–H groups in total. The Bertz CT molecular complexity index is 1130. The second-order valence-corrected chi connectivity index (χ2v) is 9.23. The van der Waals surface area contributed by atoms with E-state index in [-0.39, 0.29) is 24.5 Å². The number of nitrogens with zero attached hydrogens (tertiary/aromatic N) is 1. The molecule has 0 heterocycles. The SMILES string of the molecule is Cc1ccccc1CN(C(=O)COc1cccc2ccccc12)[C@@H](C)C(=O)NC1CCCCC1. The van der Waals surface area contributed by atoms with Gasteiger partial charge in [0.2, 0.25) is 5.91 Å². The molecule has 3 aromatic carbocycles. The van der Waals surface area contributed by atoms with Crippen molar-refractivity contribution in [1.82, 2.24) is 10.2 Å². The molecule has 1 saturated carbocycles. The highest BCUT2D eigenvalue weighted by molar-refractivity contribution is 5.90. The van der Waals surface area contributed by atoms with Crippen LogP contribution >= 0.6 is 0 Å². The van der Waals surface area contributed by atoms with Gasteiger partial charge in [0.15, 0.2) is 6.61 Å². The molecule has 0 unspecified atom stereocenters. The highest BCUT2D eigenvalue weighted by Gasteiger charge is 2.28. The van der Waals surface area contributed by atoms with Crippen molar-refractivity contribution in [2.75, 3.05) is 6.61 Å². The molecule has 0 bridgehead atoms. The topological polar surface area (TPSA) is 58.6 Å². The number of benzene rings is 3. The third-order valence-corrected chi connectivity index (χ3v) is 6.82. The van der Waals surface area contributed by atoms with Gasteiger partial charge in [-0.3, -0.25) is 9.59 Å². The molecular formula is C29H34N2O3. The maximum atomic E-state index is 13.4. The number of aryl methyl sites for hydroxylation is 1. The van der Waals surface area contributed by atoms with Crippen molar-refractivity contribution in [1.29, 1.82) is 0 Å². The van der Waals surface area contributed by atoms with Crippen LogP contribution in [0.4, 0.5) is 0 Å². The lowest BCUT2D eigenvalue weighted by Gasteiger charge is -2.31. The lowest BCUT2D eigenvalue weighted by molar-refractivity contribution is -0.142. The molecule has 0 aliphatic heterocycles. The zero-order valence-electron chi connectivity index (χ0n) is 20.1. The van der Waals surface area contributed by atoms with E-state index in [1.165, 1.54) is 6.42 Å². The Balaban J connectivity index is 1.50. The number of carbonyl (C=O) groups excluding carboxylic acids is 2. The van der Waals surface area contributed by atoms with Crippen LogP contribution in [0, 0.1) is 6.92 Å². The Morgan fingerprint density at radius 3 is 2.47 bits per heavy atom. The first-order chi connectivity index (χ1) is 16.5. The van der Waals surface area contributed by atoms with Crippen LogP contribution in [-0.2, 0) is 16.1 Å². The standard InChI is InChI=1S/C29H34N2O3/c1-21-11-6-7-13-24(21)19-31(22(2)29(33)30-25-15-4-3-5-16-25)28(32)20-34-27-18-10-14-23-12-8-9-17-26(23)27/h6-14,17-18,22,25H,3-5,15-16,19-20H2,1-2H3,(H,30,33)/t22-/m0/s1. The van der Waals surface area contributed by atoms with E-state index in [4.69, 9.17) is 4.74 Å². The Morgan fingerprint density at radius 2 is 1.68 bits per heavy atom. The minimum absolute atomic E-state index is 0.0982. The summed E-state index contributed by atoms with van der Waals surface area (Å²) in [6, 6.07) is 21.3. The van der Waals surface area contributed by atoms with Crippen molar-refractivity contribution in [2.24, 2.45) is 0 Å². The van der Waals surface area contributed by atoms with Crippen LogP contribution in [0.2, 0.25) is 0 Å². The molecule has 1 atom stereocenters. The predicted octanol–water partition coefficient (Wildman–Crippen LogP) is 5.39. The molecule has 0 aromatic heterocycles. The van der Waals surface area contributed by atoms with E-state index in [1.54, 1.807) is 4.90 Å². The number of amides is 2. The van der Waals surface area contributed by atoms with Crippen LogP contribution in [0.3, 0.4) is 0 Å². The van der Waals surface area contributed by atoms with Crippen molar-refractivity contribution in [2.45, 2.75) is 64.6 Å². The summed E-state index contributed by atoms with van der Waals surface area (Å²) < 4.78 is 5.99. The number of rotatable bonds is 8. The van der Waals surface area contributed by atoms with Gasteiger partial charge in [-0.1, -0.05) is 79.9 Å². The van der Waals surface area contributed by atoms with Gasteiger partial charge in [0, 0.05) is 18.0 Å². The Kier molecular flexibility index (Phi) is 7.84. The smallest absolute Gasteiger partial charge is 0.261 e. The van der Waals surface area contributed by atoms with Gasteiger partial charge in [0.1, 0.15) is 11.8 Å². The molecular weight excluding hydrogens is 424 g/mol. The van der Waals surface area contributed by atoms with E-state index in [0.29, 0.717) is 12.3 Å². The number of fused-ring (bicyclic) bond motifs is 1. The summed E-state index contributed by atoms with van der Waals surface area (Å²) in [5.41, 5.74) is 2.12. The molecule has 0 saturated heterocycles. The van der Waals surface area contributed by atoms with Gasteiger partial charge in [-0.15, -0.1) is 0 Å². The maximum absolute atomic E-state index is 13.4. The number of carbonyl (C=O) groups is 2. The first-order valence-corrected chi connectivity index (χ1v) is 12.3. The fourth-order valence-corrected chi connectivity index (χ4v) is 4.67. The van der Waals surface area contributed by atoms with Crippen LogP contribution in [0.1, 0.15) is 50.2 Å². The van der Waals surface area contributed by atoms with Crippen LogP contribution in [-0.4, -0.2) is 35.4 Å². The minimum Gasteiger partial charge on any atom is -0.483 e. The molecule has 178 valence electrons. The van der Waals surface area contributed by atoms with E-state index in [0.717, 1.165) is 47.6 Å². The largest absolute Gasteiger partial charge is 0.483 e. The fourth-order valence-electron chi connectivity index (χ4n) is 4.67. The predicted molar refractivity (Wildman–Crippen MR) is 136 cm³/mol. The van der Waals surface area contributed by atoms with E-state index in [9.17, 15) is 9.59 Å². The normalized spacial score (nSPS) is 15.0. The molecule has 1 aliphatic rings. The second kappa shape index (κ2) is 11.2. The zero-order valence-corrected chi connectivity index (χ0v) is 20.1. The molecule has 3 aromatic rings. The summed E-state index contributed by atoms with van der Waals surface area (Å²) in [4.78, 5) is 28.2. The average Bonchev–Trinajstić information content (AvgIpc) is 2.87. The van der Waals surface area contributed by atoms with Crippen molar-refractivity contribution in [3.8, 4) is 5.75 Å². The highest BCUT2D eigenvalue weighted by atomic mass is 16.5. The Morgan fingerprint density at radius 1 is 0.971 bits per heavy atom. The van der Waals surface area contributed by atoms with Gasteiger partial charge in [-0.25, -0.2) is 0 Å². The Hall–Kier alpha value is -3.34. The van der Waals surface area contributed by atoms with Crippen molar-refractivity contribution >= 4 is 22.6 Å². The van der Waals surface area contributed by atoms with Gasteiger partial charge < -0.3 is 15.0 Å². The molecule has 34 heavy (non-hydrogen) atoms. The van der Waals surface area contributed by atoms with Crippen molar-refractivity contribution < 1.29 is 14.3 Å². The van der Waals surface area contributed by atoms with E-state index < -0.39 is 6.04 Å². The van der Waals surface area contributed by atoms with Gasteiger partial charge in [0.05, 0.1) is 0 Å². The maximum Gasteiger partial charge on any atom is 0.261 e. The highest BCUT2D eigenvalue weighted by Crippen LogP contribution is 2.25. The molecule has 1 aliphatic carbocycles. The first-order valence-electron chi connectivity index (χ1n) is 12.3. The molecule has 0 radical (unpaired) electrons. The lowest BCUT2D eigenvalue weighted by Crippen LogP contribution is -2.51. The molecule has 5 nitrogen and oxygen atoms in total. The number of ether oxygens (including phenoxy) is 1. The van der Waals surface area contributed by atoms with Crippen LogP contribution in [0.25, 0.3) is 10.8 Å². The van der Waals surface area contributed by atoms with E-state index >= 15 is 0 Å². The molecule has 4 rings (SSSR count). The Labute approximate surface area is 202 Å². The fraction of sp³-hybridized carbons (Fsp3) is 0.379.